The third-order valence-corrected chi connectivity index (χ3v) is 4.62. The molecular weight excluding hydrogens is 347 g/mol. The molecule has 0 atom stereocenters. The van der Waals surface area contributed by atoms with Crippen molar-refractivity contribution in [3.63, 3.8) is 0 Å². The molecule has 0 aliphatic carbocycles. The minimum Gasteiger partial charge on any atom is -0.375 e. The molecule has 0 saturated heterocycles. The molecule has 4 nitrogen and oxygen atoms in total. The average molecular weight is 352 g/mol. The molecule has 1 aliphatic heterocycles. The van der Waals surface area contributed by atoms with E-state index in [9.17, 15) is 0 Å². The van der Waals surface area contributed by atoms with Gasteiger partial charge in [-0.3, -0.25) is 0 Å². The molecule has 2 aromatic rings. The number of hydrogen-bond acceptors (Lipinski definition) is 5. The zero-order valence-electron chi connectivity index (χ0n) is 9.15. The summed E-state index contributed by atoms with van der Waals surface area (Å²) in [7, 11) is 0. The third kappa shape index (κ3) is 2.64. The summed E-state index contributed by atoms with van der Waals surface area (Å²) >= 11 is 20.6. The highest BCUT2D eigenvalue weighted by molar-refractivity contribution is 7.58. The van der Waals surface area contributed by atoms with Crippen LogP contribution in [-0.4, -0.2) is 4.98 Å². The van der Waals surface area contributed by atoms with E-state index < -0.39 is 0 Å². The van der Waals surface area contributed by atoms with Crippen molar-refractivity contribution in [3.05, 3.63) is 31.7 Å². The molecule has 2 heterocycles. The van der Waals surface area contributed by atoms with Crippen molar-refractivity contribution in [2.45, 2.75) is 6.54 Å². The Morgan fingerprint density at radius 2 is 1.89 bits per heavy atom. The number of aromatic nitrogens is 1. The summed E-state index contributed by atoms with van der Waals surface area (Å²) in [4.78, 5) is 4.17. The van der Waals surface area contributed by atoms with E-state index in [2.05, 4.69) is 19.0 Å². The van der Waals surface area contributed by atoms with Gasteiger partial charge in [0.1, 0.15) is 20.7 Å². The van der Waals surface area contributed by atoms with E-state index in [0.717, 1.165) is 16.4 Å². The van der Waals surface area contributed by atoms with Crippen molar-refractivity contribution in [3.8, 4) is 0 Å². The highest BCUT2D eigenvalue weighted by Gasteiger charge is 2.18. The van der Waals surface area contributed by atoms with Crippen LogP contribution in [0.2, 0.25) is 14.4 Å². The van der Waals surface area contributed by atoms with Crippen LogP contribution in [-0.2, 0) is 17.9 Å². The number of anilines is 1. The monoisotopic (exact) mass is 350 g/mol. The van der Waals surface area contributed by atoms with Crippen molar-refractivity contribution in [2.75, 3.05) is 5.32 Å². The number of nitrogens with one attached hydrogen (secondary N) is 1. The summed E-state index contributed by atoms with van der Waals surface area (Å²) in [6.45, 7) is 0.519. The first-order valence-corrected chi connectivity index (χ1v) is 7.77. The topological polar surface area (TPSA) is 49.6 Å². The summed E-state index contributed by atoms with van der Waals surface area (Å²) < 4.78 is 9.01. The summed E-state index contributed by atoms with van der Waals surface area (Å²) in [6, 6.07) is 1.66. The fourth-order valence-corrected chi connectivity index (χ4v) is 3.65. The second kappa shape index (κ2) is 5.38. The number of fused-ring (bicyclic) bond motifs is 1. The van der Waals surface area contributed by atoms with Gasteiger partial charge in [-0.2, -0.15) is 8.73 Å². The summed E-state index contributed by atoms with van der Waals surface area (Å²) in [5.74, 6) is 0. The van der Waals surface area contributed by atoms with Gasteiger partial charge in [0.15, 0.2) is 0 Å². The van der Waals surface area contributed by atoms with Gasteiger partial charge in [0.05, 0.1) is 39.8 Å². The summed E-state index contributed by atoms with van der Waals surface area (Å²) in [5.41, 5.74) is 2.03. The number of benzene rings is 1. The van der Waals surface area contributed by atoms with E-state index in [1.54, 1.807) is 12.3 Å². The molecule has 0 radical (unpaired) electrons. The Hall–Kier alpha value is -0.660. The van der Waals surface area contributed by atoms with Crippen LogP contribution in [0.3, 0.4) is 0 Å². The molecule has 0 amide bonds. The van der Waals surface area contributed by atoms with Crippen LogP contribution >= 0.6 is 46.1 Å². The Kier molecular flexibility index (Phi) is 3.77. The van der Waals surface area contributed by atoms with E-state index >= 15 is 0 Å². The Morgan fingerprint density at radius 3 is 2.63 bits per heavy atom. The average Bonchev–Trinajstić information content (AvgIpc) is 2.98. The summed E-state index contributed by atoms with van der Waals surface area (Å²) in [6.07, 6.45) is 1.62. The fourth-order valence-electron chi connectivity index (χ4n) is 1.58. The van der Waals surface area contributed by atoms with Crippen molar-refractivity contribution < 1.29 is 0 Å². The lowest BCUT2D eigenvalue weighted by atomic mass is 10.2. The Bertz CT molecular complexity index is 722. The minimum atomic E-state index is 0.497. The Labute approximate surface area is 131 Å². The minimum absolute atomic E-state index is 0.497. The van der Waals surface area contributed by atoms with Crippen molar-refractivity contribution in [1.82, 2.24) is 4.98 Å². The number of halogens is 3. The van der Waals surface area contributed by atoms with Gasteiger partial charge >= 0.3 is 0 Å². The number of thiazole rings is 1. The second-order valence-corrected chi connectivity index (χ2v) is 6.68. The van der Waals surface area contributed by atoms with Crippen molar-refractivity contribution in [1.29, 1.82) is 0 Å². The van der Waals surface area contributed by atoms with Gasteiger partial charge in [0, 0.05) is 0 Å². The van der Waals surface area contributed by atoms with Crippen LogP contribution in [0.15, 0.2) is 21.0 Å². The zero-order chi connectivity index (χ0) is 13.4. The molecule has 1 N–H and O–H groups in total. The molecule has 9 heteroatoms. The molecule has 0 fully saturated rings. The second-order valence-electron chi connectivity index (χ2n) is 3.59. The predicted molar refractivity (Wildman–Crippen MR) is 82.5 cm³/mol. The van der Waals surface area contributed by atoms with Crippen molar-refractivity contribution >= 4 is 74.6 Å². The fraction of sp³-hybridized carbons (Fsp3) is 0.100. The SMILES string of the molecule is Clc1cnc(CNc2c(Cl)cc(Cl)c3c2N=S=N3)s1. The maximum atomic E-state index is 6.18. The first-order chi connectivity index (χ1) is 9.15. The van der Waals surface area contributed by atoms with Gasteiger partial charge in [-0.05, 0) is 6.07 Å². The standard InChI is InChI=1S/C10H5Cl3N4S2/c11-4-1-5(12)9-10(17-19-16-9)8(4)15-3-7-14-2-6(13)18-7/h1-2,15H,3H2. The van der Waals surface area contributed by atoms with Gasteiger partial charge in [0.25, 0.3) is 0 Å². The van der Waals surface area contributed by atoms with Crippen LogP contribution < -0.4 is 5.32 Å². The zero-order valence-corrected chi connectivity index (χ0v) is 13.1. The van der Waals surface area contributed by atoms with Gasteiger partial charge in [-0.1, -0.05) is 34.8 Å². The largest absolute Gasteiger partial charge is 0.375 e. The van der Waals surface area contributed by atoms with Gasteiger partial charge < -0.3 is 5.32 Å². The van der Waals surface area contributed by atoms with E-state index in [4.69, 9.17) is 34.8 Å². The first kappa shape index (κ1) is 13.3. The van der Waals surface area contributed by atoms with E-state index in [-0.39, 0.29) is 0 Å². The third-order valence-electron chi connectivity index (χ3n) is 2.39. The van der Waals surface area contributed by atoms with Crippen LogP contribution in [0.1, 0.15) is 5.01 Å². The van der Waals surface area contributed by atoms with Crippen LogP contribution in [0, 0.1) is 0 Å². The van der Waals surface area contributed by atoms with E-state index in [1.807, 2.05) is 0 Å². The molecule has 0 bridgehead atoms. The normalized spacial score (nSPS) is 12.4. The Balaban J connectivity index is 1.90. The maximum absolute atomic E-state index is 6.18. The molecule has 3 rings (SSSR count). The smallest absolute Gasteiger partial charge is 0.130 e. The Morgan fingerprint density at radius 1 is 1.11 bits per heavy atom. The maximum Gasteiger partial charge on any atom is 0.130 e. The predicted octanol–water partition coefficient (Wildman–Crippen LogP) is 5.44. The number of hydrogen-bond donors (Lipinski definition) is 1. The molecule has 1 aromatic heterocycles. The first-order valence-electron chi connectivity index (χ1n) is 5.09. The summed E-state index contributed by atoms with van der Waals surface area (Å²) in [5, 5.41) is 5.07. The van der Waals surface area contributed by atoms with E-state index in [1.165, 1.54) is 11.3 Å². The van der Waals surface area contributed by atoms with Crippen LogP contribution in [0.5, 0.6) is 0 Å². The molecule has 98 valence electrons. The van der Waals surface area contributed by atoms with Crippen molar-refractivity contribution in [2.24, 2.45) is 8.73 Å². The molecule has 0 spiro atoms. The van der Waals surface area contributed by atoms with Crippen LogP contribution in [0.25, 0.3) is 0 Å². The lowest BCUT2D eigenvalue weighted by Gasteiger charge is -2.10. The van der Waals surface area contributed by atoms with Crippen LogP contribution in [0.4, 0.5) is 17.1 Å². The molecule has 1 aliphatic rings. The molecule has 0 saturated carbocycles. The highest BCUT2D eigenvalue weighted by atomic mass is 35.5. The lowest BCUT2D eigenvalue weighted by Crippen LogP contribution is -1.99. The van der Waals surface area contributed by atoms with Gasteiger partial charge in [-0.15, -0.1) is 11.3 Å². The molecule has 1 aromatic carbocycles. The number of rotatable bonds is 3. The highest BCUT2D eigenvalue weighted by Crippen LogP contribution is 2.47. The molecule has 0 unspecified atom stereocenters. The quantitative estimate of drug-likeness (QED) is 0.683. The molecule has 19 heavy (non-hydrogen) atoms. The van der Waals surface area contributed by atoms with Gasteiger partial charge in [0.2, 0.25) is 0 Å². The van der Waals surface area contributed by atoms with E-state index in [0.29, 0.717) is 38.0 Å². The molecular formula is C10H5Cl3N4S2. The lowest BCUT2D eigenvalue weighted by molar-refractivity contribution is 1.10. The number of nitrogens with zero attached hydrogens (tertiary/aromatic N) is 3. The van der Waals surface area contributed by atoms with Gasteiger partial charge in [-0.25, -0.2) is 4.98 Å².